The van der Waals surface area contributed by atoms with Gasteiger partial charge in [-0.3, -0.25) is 4.52 Å². The minimum Gasteiger partial charge on any atom is -0.558 e. The first-order valence-electron chi connectivity index (χ1n) is 7.13. The van der Waals surface area contributed by atoms with Crippen LogP contribution in [0.2, 0.25) is 0 Å². The summed E-state index contributed by atoms with van der Waals surface area (Å²) in [5.74, 6) is 0.388. The SMILES string of the molecule is CCCCCCCCCc1ccc(O[P+](=O)[O-])cc1.[Na+]. The largest absolute Gasteiger partial charge is 1.00 e. The van der Waals surface area contributed by atoms with Gasteiger partial charge in [0.25, 0.3) is 0 Å². The molecule has 0 bridgehead atoms. The maximum Gasteiger partial charge on any atom is 1.00 e. The molecule has 0 aliphatic heterocycles. The quantitative estimate of drug-likeness (QED) is 0.373. The monoisotopic (exact) mass is 305 g/mol. The Hall–Kier alpha value is 0.0800. The fourth-order valence-corrected chi connectivity index (χ4v) is 2.38. The summed E-state index contributed by atoms with van der Waals surface area (Å²) in [6.07, 6.45) is 10.2. The van der Waals surface area contributed by atoms with Crippen LogP contribution in [0.3, 0.4) is 0 Å². The third kappa shape index (κ3) is 9.90. The molecule has 1 aromatic carbocycles. The normalized spacial score (nSPS) is 10.8. The number of rotatable bonds is 10. The molecule has 106 valence electrons. The Labute approximate surface area is 145 Å². The van der Waals surface area contributed by atoms with Crippen molar-refractivity contribution in [2.75, 3.05) is 0 Å². The third-order valence-electron chi connectivity index (χ3n) is 3.17. The summed E-state index contributed by atoms with van der Waals surface area (Å²) in [7, 11) is -2.81. The average molecular weight is 305 g/mol. The van der Waals surface area contributed by atoms with Gasteiger partial charge in [0.15, 0.2) is 5.75 Å². The first-order chi connectivity index (χ1) is 9.22. The van der Waals surface area contributed by atoms with Crippen molar-refractivity contribution in [1.29, 1.82) is 0 Å². The molecule has 0 fully saturated rings. The van der Waals surface area contributed by atoms with Crippen molar-refractivity contribution in [3.8, 4) is 5.75 Å². The van der Waals surface area contributed by atoms with Crippen molar-refractivity contribution in [1.82, 2.24) is 0 Å². The number of unbranched alkanes of at least 4 members (excludes halogenated alkanes) is 6. The van der Waals surface area contributed by atoms with Crippen molar-refractivity contribution >= 4 is 8.25 Å². The Kier molecular flexibility index (Phi) is 12.8. The van der Waals surface area contributed by atoms with E-state index in [0.29, 0.717) is 5.75 Å². The van der Waals surface area contributed by atoms with E-state index in [2.05, 4.69) is 11.4 Å². The van der Waals surface area contributed by atoms with E-state index in [1.54, 1.807) is 12.1 Å². The van der Waals surface area contributed by atoms with Gasteiger partial charge < -0.3 is 4.89 Å². The standard InChI is InChI=1S/C15H23O3P.Na/c1-2-3-4-5-6-7-8-9-14-10-12-15(13-11-14)18-19(16)17;/h10-13H,2-9H2,1H3;/q;+1. The summed E-state index contributed by atoms with van der Waals surface area (Å²) in [5.41, 5.74) is 1.24. The zero-order chi connectivity index (χ0) is 13.9. The summed E-state index contributed by atoms with van der Waals surface area (Å²) in [6, 6.07) is 7.29. The predicted molar refractivity (Wildman–Crippen MR) is 76.4 cm³/mol. The van der Waals surface area contributed by atoms with E-state index in [9.17, 15) is 9.46 Å². The van der Waals surface area contributed by atoms with Crippen molar-refractivity contribution in [2.45, 2.75) is 58.3 Å². The van der Waals surface area contributed by atoms with Crippen LogP contribution in [0.4, 0.5) is 0 Å². The summed E-state index contributed by atoms with van der Waals surface area (Å²) < 4.78 is 15.0. The Balaban J connectivity index is 0.00000361. The second-order valence-corrected chi connectivity index (χ2v) is 5.46. The van der Waals surface area contributed by atoms with Gasteiger partial charge in [0.2, 0.25) is 0 Å². The van der Waals surface area contributed by atoms with Crippen molar-refractivity contribution < 1.29 is 43.5 Å². The van der Waals surface area contributed by atoms with Gasteiger partial charge in [-0.25, -0.2) is 0 Å². The van der Waals surface area contributed by atoms with Crippen molar-refractivity contribution in [3.05, 3.63) is 29.8 Å². The van der Waals surface area contributed by atoms with Crippen LogP contribution in [0.1, 0.15) is 57.4 Å². The van der Waals surface area contributed by atoms with Gasteiger partial charge in [-0.05, 0) is 35.1 Å². The molecule has 1 atom stereocenters. The number of hydrogen-bond acceptors (Lipinski definition) is 3. The van der Waals surface area contributed by atoms with E-state index in [0.717, 1.165) is 6.42 Å². The molecule has 0 heterocycles. The van der Waals surface area contributed by atoms with Crippen LogP contribution in [-0.4, -0.2) is 0 Å². The summed E-state index contributed by atoms with van der Waals surface area (Å²) in [4.78, 5) is 10.4. The molecule has 0 radical (unpaired) electrons. The van der Waals surface area contributed by atoms with Crippen molar-refractivity contribution in [3.63, 3.8) is 0 Å². The topological polar surface area (TPSA) is 49.4 Å². The zero-order valence-corrected chi connectivity index (χ0v) is 15.5. The first kappa shape index (κ1) is 20.1. The molecule has 0 saturated carbocycles. The second kappa shape index (κ2) is 12.8. The number of aryl methyl sites for hydroxylation is 1. The van der Waals surface area contributed by atoms with Crippen LogP contribution >= 0.6 is 8.25 Å². The Bertz CT molecular complexity index is 368. The molecule has 0 saturated heterocycles. The van der Waals surface area contributed by atoms with Crippen LogP contribution in [-0.2, 0) is 11.0 Å². The second-order valence-electron chi connectivity index (χ2n) is 4.83. The Morgan fingerprint density at radius 3 is 2.10 bits per heavy atom. The molecule has 0 aliphatic carbocycles. The maximum absolute atomic E-state index is 10.4. The molecular formula is C15H23NaO3P+. The molecule has 0 spiro atoms. The van der Waals surface area contributed by atoms with Crippen LogP contribution in [0.25, 0.3) is 0 Å². The molecular weight excluding hydrogens is 282 g/mol. The molecule has 0 aliphatic rings. The number of hydrogen-bond donors (Lipinski definition) is 0. The fraction of sp³-hybridized carbons (Fsp3) is 0.600. The smallest absolute Gasteiger partial charge is 0.558 e. The van der Waals surface area contributed by atoms with E-state index < -0.39 is 8.25 Å². The van der Waals surface area contributed by atoms with Gasteiger partial charge in [0.05, 0.1) is 0 Å². The zero-order valence-electron chi connectivity index (χ0n) is 12.6. The predicted octanol–water partition coefficient (Wildman–Crippen LogP) is 1.38. The summed E-state index contributed by atoms with van der Waals surface area (Å²) in [5, 5.41) is 0. The van der Waals surface area contributed by atoms with E-state index in [1.807, 2.05) is 12.1 Å². The molecule has 1 aromatic rings. The molecule has 20 heavy (non-hydrogen) atoms. The van der Waals surface area contributed by atoms with Gasteiger partial charge in [0, 0.05) is 0 Å². The van der Waals surface area contributed by atoms with E-state index in [1.165, 1.54) is 50.5 Å². The van der Waals surface area contributed by atoms with Crippen LogP contribution in [0.15, 0.2) is 24.3 Å². The van der Waals surface area contributed by atoms with Crippen molar-refractivity contribution in [2.24, 2.45) is 0 Å². The van der Waals surface area contributed by atoms with Gasteiger partial charge in [0.1, 0.15) is 0 Å². The van der Waals surface area contributed by atoms with E-state index >= 15 is 0 Å². The van der Waals surface area contributed by atoms with Crippen LogP contribution < -0.4 is 39.0 Å². The molecule has 1 unspecified atom stereocenters. The van der Waals surface area contributed by atoms with Gasteiger partial charge in [-0.15, -0.1) is 0 Å². The summed E-state index contributed by atoms with van der Waals surface area (Å²) in [6.45, 7) is 2.23. The molecule has 3 nitrogen and oxygen atoms in total. The minimum atomic E-state index is -2.81. The van der Waals surface area contributed by atoms with Gasteiger partial charge >= 0.3 is 37.8 Å². The molecule has 0 N–H and O–H groups in total. The van der Waals surface area contributed by atoms with E-state index in [4.69, 9.17) is 0 Å². The Morgan fingerprint density at radius 2 is 1.55 bits per heavy atom. The first-order valence-corrected chi connectivity index (χ1v) is 8.23. The molecule has 1 rings (SSSR count). The molecule has 0 amide bonds. The van der Waals surface area contributed by atoms with E-state index in [-0.39, 0.29) is 29.6 Å². The average Bonchev–Trinajstić information content (AvgIpc) is 2.39. The number of benzene rings is 1. The Morgan fingerprint density at radius 1 is 1.00 bits per heavy atom. The molecule has 0 aromatic heterocycles. The minimum absolute atomic E-state index is 0. The van der Waals surface area contributed by atoms with Gasteiger partial charge in [-0.1, -0.05) is 57.6 Å². The maximum atomic E-state index is 10.4. The third-order valence-corrected chi connectivity index (χ3v) is 3.53. The fourth-order valence-electron chi connectivity index (χ4n) is 2.09. The summed E-state index contributed by atoms with van der Waals surface area (Å²) >= 11 is 0. The molecule has 5 heteroatoms. The van der Waals surface area contributed by atoms with Crippen LogP contribution in [0.5, 0.6) is 5.75 Å². The van der Waals surface area contributed by atoms with Gasteiger partial charge in [-0.2, -0.15) is 0 Å². The van der Waals surface area contributed by atoms with Crippen LogP contribution in [0, 0.1) is 0 Å².